The Kier molecular flexibility index (Phi) is 4.38. The van der Waals surface area contributed by atoms with Crippen molar-refractivity contribution in [2.75, 3.05) is 13.1 Å². The van der Waals surface area contributed by atoms with Crippen LogP contribution < -0.4 is 5.73 Å². The standard InChI is InChI=1S/C16H32N2/c1-4-18(14-8-6-5-7-9-14)16(13-17)11-10-15(2,3)12-16/h14H,4-13,17H2,1-3H3. The molecule has 2 fully saturated rings. The normalized spacial score (nSPS) is 33.2. The number of rotatable bonds is 4. The van der Waals surface area contributed by atoms with Crippen LogP contribution in [0, 0.1) is 5.41 Å². The fourth-order valence-electron chi connectivity index (χ4n) is 4.55. The molecule has 2 saturated carbocycles. The molecule has 2 rings (SSSR count). The molecule has 0 aromatic heterocycles. The van der Waals surface area contributed by atoms with Gasteiger partial charge in [-0.2, -0.15) is 0 Å². The van der Waals surface area contributed by atoms with Crippen LogP contribution in [0.25, 0.3) is 0 Å². The highest BCUT2D eigenvalue weighted by atomic mass is 15.2. The molecule has 0 aliphatic heterocycles. The number of likely N-dealkylation sites (N-methyl/N-ethyl adjacent to an activating group) is 1. The summed E-state index contributed by atoms with van der Waals surface area (Å²) in [6.45, 7) is 9.19. The van der Waals surface area contributed by atoms with Crippen molar-refractivity contribution in [2.24, 2.45) is 11.1 Å². The Labute approximate surface area is 113 Å². The van der Waals surface area contributed by atoms with Gasteiger partial charge in [0.1, 0.15) is 0 Å². The Balaban J connectivity index is 2.13. The van der Waals surface area contributed by atoms with Gasteiger partial charge in [-0.25, -0.2) is 0 Å². The second-order valence-electron chi connectivity index (χ2n) is 7.35. The molecule has 2 heteroatoms. The number of nitrogens with two attached hydrogens (primary N) is 1. The fraction of sp³-hybridized carbons (Fsp3) is 1.00. The van der Waals surface area contributed by atoms with Gasteiger partial charge in [-0.3, -0.25) is 4.90 Å². The molecular formula is C16H32N2. The van der Waals surface area contributed by atoms with Crippen LogP contribution in [0.1, 0.15) is 72.1 Å². The van der Waals surface area contributed by atoms with E-state index in [0.717, 1.165) is 12.6 Å². The zero-order chi connectivity index (χ0) is 13.2. The molecule has 0 spiro atoms. The smallest absolute Gasteiger partial charge is 0.0339 e. The lowest BCUT2D eigenvalue weighted by Gasteiger charge is -2.47. The van der Waals surface area contributed by atoms with E-state index in [9.17, 15) is 0 Å². The number of hydrogen-bond acceptors (Lipinski definition) is 2. The minimum absolute atomic E-state index is 0.306. The van der Waals surface area contributed by atoms with Crippen molar-refractivity contribution in [3.63, 3.8) is 0 Å². The Morgan fingerprint density at radius 1 is 1.11 bits per heavy atom. The summed E-state index contributed by atoms with van der Waals surface area (Å²) in [6, 6.07) is 0.807. The molecule has 2 aliphatic rings. The lowest BCUT2D eigenvalue weighted by atomic mass is 9.84. The van der Waals surface area contributed by atoms with Crippen LogP contribution in [-0.2, 0) is 0 Å². The first-order valence-electron chi connectivity index (χ1n) is 8.00. The van der Waals surface area contributed by atoms with E-state index >= 15 is 0 Å². The predicted octanol–water partition coefficient (Wildman–Crippen LogP) is 3.55. The topological polar surface area (TPSA) is 29.3 Å². The first-order valence-corrected chi connectivity index (χ1v) is 8.00. The zero-order valence-corrected chi connectivity index (χ0v) is 12.7. The molecule has 18 heavy (non-hydrogen) atoms. The minimum Gasteiger partial charge on any atom is -0.329 e. The van der Waals surface area contributed by atoms with Gasteiger partial charge in [-0.05, 0) is 44.1 Å². The molecule has 0 aromatic rings. The maximum atomic E-state index is 6.23. The lowest BCUT2D eigenvalue weighted by Crippen LogP contribution is -2.57. The average Bonchev–Trinajstić information content (AvgIpc) is 2.69. The van der Waals surface area contributed by atoms with Gasteiger partial charge in [0.15, 0.2) is 0 Å². The fourth-order valence-corrected chi connectivity index (χ4v) is 4.55. The molecule has 106 valence electrons. The van der Waals surface area contributed by atoms with Gasteiger partial charge in [0.25, 0.3) is 0 Å². The van der Waals surface area contributed by atoms with Crippen molar-refractivity contribution in [3.8, 4) is 0 Å². The van der Waals surface area contributed by atoms with Crippen molar-refractivity contribution in [2.45, 2.75) is 83.7 Å². The van der Waals surface area contributed by atoms with Gasteiger partial charge in [0.2, 0.25) is 0 Å². The molecule has 2 N–H and O–H groups in total. The van der Waals surface area contributed by atoms with Gasteiger partial charge in [-0.15, -0.1) is 0 Å². The maximum Gasteiger partial charge on any atom is 0.0339 e. The van der Waals surface area contributed by atoms with Crippen LogP contribution in [0.2, 0.25) is 0 Å². The van der Waals surface area contributed by atoms with Gasteiger partial charge in [0.05, 0.1) is 0 Å². The monoisotopic (exact) mass is 252 g/mol. The summed E-state index contributed by atoms with van der Waals surface area (Å²) in [4.78, 5) is 2.79. The quantitative estimate of drug-likeness (QED) is 0.829. The van der Waals surface area contributed by atoms with Gasteiger partial charge < -0.3 is 5.73 Å². The molecule has 1 atom stereocenters. The molecule has 2 aliphatic carbocycles. The molecule has 0 radical (unpaired) electrons. The van der Waals surface area contributed by atoms with Crippen molar-refractivity contribution >= 4 is 0 Å². The van der Waals surface area contributed by atoms with Crippen LogP contribution in [0.3, 0.4) is 0 Å². The van der Waals surface area contributed by atoms with Gasteiger partial charge in [0, 0.05) is 18.1 Å². The highest BCUT2D eigenvalue weighted by Gasteiger charge is 2.47. The van der Waals surface area contributed by atoms with Crippen LogP contribution in [-0.4, -0.2) is 29.6 Å². The average molecular weight is 252 g/mol. The van der Waals surface area contributed by atoms with Crippen molar-refractivity contribution in [1.29, 1.82) is 0 Å². The van der Waals surface area contributed by atoms with E-state index in [-0.39, 0.29) is 0 Å². The molecular weight excluding hydrogens is 220 g/mol. The van der Waals surface area contributed by atoms with E-state index in [1.807, 2.05) is 0 Å². The highest BCUT2D eigenvalue weighted by molar-refractivity contribution is 5.03. The van der Waals surface area contributed by atoms with Crippen molar-refractivity contribution in [3.05, 3.63) is 0 Å². The minimum atomic E-state index is 0.306. The molecule has 0 aromatic carbocycles. The number of hydrogen-bond donors (Lipinski definition) is 1. The largest absolute Gasteiger partial charge is 0.329 e. The third kappa shape index (κ3) is 2.75. The molecule has 0 heterocycles. The van der Waals surface area contributed by atoms with Crippen LogP contribution in [0.15, 0.2) is 0 Å². The van der Waals surface area contributed by atoms with Crippen molar-refractivity contribution in [1.82, 2.24) is 4.90 Å². The molecule has 2 nitrogen and oxygen atoms in total. The Bertz CT molecular complexity index is 268. The second kappa shape index (κ2) is 5.50. The molecule has 0 saturated heterocycles. The summed E-state index contributed by atoms with van der Waals surface area (Å²) < 4.78 is 0. The summed E-state index contributed by atoms with van der Waals surface area (Å²) >= 11 is 0. The first-order chi connectivity index (χ1) is 8.53. The Morgan fingerprint density at radius 2 is 1.78 bits per heavy atom. The summed E-state index contributed by atoms with van der Waals surface area (Å²) in [5.74, 6) is 0. The highest BCUT2D eigenvalue weighted by Crippen LogP contribution is 2.47. The third-order valence-electron chi connectivity index (χ3n) is 5.42. The van der Waals surface area contributed by atoms with E-state index < -0.39 is 0 Å². The maximum absolute atomic E-state index is 6.23. The lowest BCUT2D eigenvalue weighted by molar-refractivity contribution is 0.0325. The molecule has 1 unspecified atom stereocenters. The Hall–Kier alpha value is -0.0800. The van der Waals surface area contributed by atoms with Crippen LogP contribution in [0.5, 0.6) is 0 Å². The van der Waals surface area contributed by atoms with Crippen LogP contribution in [0.4, 0.5) is 0 Å². The van der Waals surface area contributed by atoms with E-state index in [1.165, 1.54) is 57.9 Å². The summed E-state index contributed by atoms with van der Waals surface area (Å²) in [7, 11) is 0. The Morgan fingerprint density at radius 3 is 2.22 bits per heavy atom. The van der Waals surface area contributed by atoms with Gasteiger partial charge in [-0.1, -0.05) is 40.0 Å². The summed E-state index contributed by atoms with van der Waals surface area (Å²) in [5.41, 5.74) is 7.02. The van der Waals surface area contributed by atoms with E-state index in [4.69, 9.17) is 5.73 Å². The molecule has 0 bridgehead atoms. The van der Waals surface area contributed by atoms with E-state index in [0.29, 0.717) is 11.0 Å². The SMILES string of the molecule is CCN(C1CCCCC1)C1(CN)CCC(C)(C)C1. The van der Waals surface area contributed by atoms with E-state index in [2.05, 4.69) is 25.7 Å². The third-order valence-corrected chi connectivity index (χ3v) is 5.42. The van der Waals surface area contributed by atoms with Crippen molar-refractivity contribution < 1.29 is 0 Å². The van der Waals surface area contributed by atoms with Crippen LogP contribution >= 0.6 is 0 Å². The second-order valence-corrected chi connectivity index (χ2v) is 7.35. The van der Waals surface area contributed by atoms with E-state index in [1.54, 1.807) is 0 Å². The number of nitrogens with zero attached hydrogens (tertiary/aromatic N) is 1. The zero-order valence-electron chi connectivity index (χ0n) is 12.7. The summed E-state index contributed by atoms with van der Waals surface area (Å²) in [6.07, 6.45) is 11.0. The summed E-state index contributed by atoms with van der Waals surface area (Å²) in [5, 5.41) is 0. The molecule has 0 amide bonds. The predicted molar refractivity (Wildman–Crippen MR) is 78.7 cm³/mol. The first kappa shape index (κ1) is 14.3. The van der Waals surface area contributed by atoms with Gasteiger partial charge >= 0.3 is 0 Å².